The number of nitrogens with zero attached hydrogens (tertiary/aromatic N) is 2. The molecule has 3 N–H and O–H groups in total. The van der Waals surface area contributed by atoms with E-state index in [4.69, 9.17) is 4.98 Å². The van der Waals surface area contributed by atoms with Crippen molar-refractivity contribution in [2.75, 3.05) is 5.32 Å². The van der Waals surface area contributed by atoms with E-state index in [0.29, 0.717) is 17.2 Å². The van der Waals surface area contributed by atoms with Crippen LogP contribution in [0, 0.1) is 5.92 Å². The maximum absolute atomic E-state index is 12.8. The van der Waals surface area contributed by atoms with Gasteiger partial charge in [0.2, 0.25) is 11.8 Å². The Morgan fingerprint density at radius 2 is 1.81 bits per heavy atom. The molecule has 2 aromatic carbocycles. The number of hydrogen-bond acceptors (Lipinski definition) is 4. The lowest BCUT2D eigenvalue weighted by Gasteiger charge is -2.19. The average molecular weight is 434 g/mol. The average Bonchev–Trinajstić information content (AvgIpc) is 3.06. The first kappa shape index (κ1) is 21.5. The van der Waals surface area contributed by atoms with Crippen molar-refractivity contribution < 1.29 is 14.4 Å². The number of amides is 3. The van der Waals surface area contributed by atoms with Crippen molar-refractivity contribution in [3.05, 3.63) is 59.9 Å². The monoisotopic (exact) mass is 433 g/mol. The summed E-state index contributed by atoms with van der Waals surface area (Å²) in [5.41, 5.74) is 2.70. The number of rotatable bonds is 6. The molecule has 1 aliphatic rings. The molecule has 0 radical (unpaired) electrons. The minimum absolute atomic E-state index is 0.166. The molecule has 1 aliphatic heterocycles. The minimum atomic E-state index is -0.961. The van der Waals surface area contributed by atoms with Gasteiger partial charge >= 0.3 is 0 Å². The van der Waals surface area contributed by atoms with Crippen LogP contribution in [-0.2, 0) is 16.1 Å². The lowest BCUT2D eigenvalue weighted by molar-refractivity contribution is -0.126. The molecule has 0 aliphatic carbocycles. The van der Waals surface area contributed by atoms with Gasteiger partial charge in [0.1, 0.15) is 11.9 Å². The molecule has 0 fully saturated rings. The zero-order chi connectivity index (χ0) is 22.8. The highest BCUT2D eigenvalue weighted by molar-refractivity contribution is 6.10. The van der Waals surface area contributed by atoms with E-state index < -0.39 is 11.9 Å². The zero-order valence-electron chi connectivity index (χ0n) is 18.4. The number of anilines is 1. The van der Waals surface area contributed by atoms with Crippen molar-refractivity contribution in [3.8, 4) is 0 Å². The molecule has 8 heteroatoms. The van der Waals surface area contributed by atoms with Crippen LogP contribution < -0.4 is 16.0 Å². The van der Waals surface area contributed by atoms with Crippen molar-refractivity contribution in [2.45, 2.75) is 45.8 Å². The fourth-order valence-electron chi connectivity index (χ4n) is 3.99. The number of hydrogen-bond donors (Lipinski definition) is 3. The highest BCUT2D eigenvalue weighted by Gasteiger charge is 2.30. The number of para-hydroxylation sites is 3. The van der Waals surface area contributed by atoms with Gasteiger partial charge in [-0.15, -0.1) is 0 Å². The van der Waals surface area contributed by atoms with Gasteiger partial charge in [-0.05, 0) is 37.1 Å². The summed E-state index contributed by atoms with van der Waals surface area (Å²) < 4.78 is 2.13. The van der Waals surface area contributed by atoms with Crippen molar-refractivity contribution in [2.24, 2.45) is 5.92 Å². The maximum Gasteiger partial charge on any atom is 0.254 e. The van der Waals surface area contributed by atoms with Crippen LogP contribution in [0.1, 0.15) is 49.4 Å². The smallest absolute Gasteiger partial charge is 0.254 e. The molecular weight excluding hydrogens is 406 g/mol. The lowest BCUT2D eigenvalue weighted by atomic mass is 10.1. The molecule has 3 amide bonds. The third kappa shape index (κ3) is 4.34. The van der Waals surface area contributed by atoms with E-state index in [1.807, 2.05) is 31.2 Å². The van der Waals surface area contributed by atoms with Crippen LogP contribution in [-0.4, -0.2) is 33.3 Å². The van der Waals surface area contributed by atoms with Gasteiger partial charge in [-0.2, -0.15) is 0 Å². The van der Waals surface area contributed by atoms with Crippen molar-refractivity contribution in [1.29, 1.82) is 0 Å². The van der Waals surface area contributed by atoms with Crippen LogP contribution in [0.15, 0.2) is 48.5 Å². The van der Waals surface area contributed by atoms with Gasteiger partial charge in [-0.1, -0.05) is 38.1 Å². The van der Waals surface area contributed by atoms with Crippen LogP contribution >= 0.6 is 0 Å². The molecule has 0 saturated carbocycles. The van der Waals surface area contributed by atoms with Crippen LogP contribution in [0.4, 0.5) is 5.69 Å². The maximum atomic E-state index is 12.8. The summed E-state index contributed by atoms with van der Waals surface area (Å²) >= 11 is 0. The van der Waals surface area contributed by atoms with Crippen molar-refractivity contribution >= 4 is 34.4 Å². The third-order valence-corrected chi connectivity index (χ3v) is 5.44. The summed E-state index contributed by atoms with van der Waals surface area (Å²) in [6.45, 7) is 6.91. The van der Waals surface area contributed by atoms with E-state index in [2.05, 4.69) is 34.4 Å². The van der Waals surface area contributed by atoms with Crippen LogP contribution in [0.3, 0.4) is 0 Å². The van der Waals surface area contributed by atoms with E-state index in [0.717, 1.165) is 23.4 Å². The molecular formula is C24H27N5O3. The fraction of sp³-hybridized carbons (Fsp3) is 0.333. The summed E-state index contributed by atoms with van der Waals surface area (Å²) in [4.78, 5) is 42.6. The van der Waals surface area contributed by atoms with Crippen LogP contribution in [0.2, 0.25) is 0 Å². The second kappa shape index (κ2) is 8.82. The predicted octanol–water partition coefficient (Wildman–Crippen LogP) is 3.01. The summed E-state index contributed by atoms with van der Waals surface area (Å²) in [6.07, 6.45) is -0.166. The van der Waals surface area contributed by atoms with E-state index in [1.165, 1.54) is 0 Å². The second-order valence-corrected chi connectivity index (χ2v) is 8.52. The van der Waals surface area contributed by atoms with E-state index >= 15 is 0 Å². The molecule has 0 spiro atoms. The predicted molar refractivity (Wildman–Crippen MR) is 122 cm³/mol. The number of carbonyl (C=O) groups excluding carboxylic acids is 3. The molecule has 0 saturated heterocycles. The molecule has 4 rings (SSSR count). The first-order valence-corrected chi connectivity index (χ1v) is 10.8. The quantitative estimate of drug-likeness (QED) is 0.556. The molecule has 1 aromatic heterocycles. The molecule has 166 valence electrons. The molecule has 8 nitrogen and oxygen atoms in total. The lowest BCUT2D eigenvalue weighted by Crippen LogP contribution is -2.45. The highest BCUT2D eigenvalue weighted by Crippen LogP contribution is 2.23. The van der Waals surface area contributed by atoms with Crippen molar-refractivity contribution in [3.63, 3.8) is 0 Å². The second-order valence-electron chi connectivity index (χ2n) is 8.52. The minimum Gasteiger partial charge on any atom is -0.346 e. The fourth-order valence-corrected chi connectivity index (χ4v) is 3.99. The number of benzene rings is 2. The summed E-state index contributed by atoms with van der Waals surface area (Å²) in [5, 5.41) is 8.32. The van der Waals surface area contributed by atoms with Crippen molar-refractivity contribution in [1.82, 2.24) is 20.2 Å². The SMILES string of the molecule is CC(C)Cn1c(C(C)NC(=O)CC2NC(=O)c3ccccc3NC2=O)nc2ccccc21. The normalized spacial score (nSPS) is 16.8. The Kier molecular flexibility index (Phi) is 5.94. The topological polar surface area (TPSA) is 105 Å². The van der Waals surface area contributed by atoms with Gasteiger partial charge in [-0.25, -0.2) is 4.98 Å². The Bertz CT molecular complexity index is 1180. The Hall–Kier alpha value is -3.68. The van der Waals surface area contributed by atoms with Gasteiger partial charge in [0.25, 0.3) is 5.91 Å². The number of aromatic nitrogens is 2. The van der Waals surface area contributed by atoms with Gasteiger partial charge in [0.15, 0.2) is 0 Å². The number of nitrogens with one attached hydrogen (secondary N) is 3. The number of carbonyl (C=O) groups is 3. The summed E-state index contributed by atoms with van der Waals surface area (Å²) in [7, 11) is 0. The van der Waals surface area contributed by atoms with Crippen LogP contribution in [0.5, 0.6) is 0 Å². The molecule has 32 heavy (non-hydrogen) atoms. The summed E-state index contributed by atoms with van der Waals surface area (Å²) in [6, 6.07) is 13.3. The molecule has 2 heterocycles. The number of imidazole rings is 1. The summed E-state index contributed by atoms with van der Waals surface area (Å²) in [5.74, 6) is 0.0181. The van der Waals surface area contributed by atoms with Crippen LogP contribution in [0.25, 0.3) is 11.0 Å². The largest absolute Gasteiger partial charge is 0.346 e. The zero-order valence-corrected chi connectivity index (χ0v) is 18.4. The third-order valence-electron chi connectivity index (χ3n) is 5.44. The molecule has 2 atom stereocenters. The van der Waals surface area contributed by atoms with Gasteiger partial charge < -0.3 is 20.5 Å². The first-order valence-electron chi connectivity index (χ1n) is 10.8. The Labute approximate surface area is 186 Å². The molecule has 3 aromatic rings. The van der Waals surface area contributed by atoms with E-state index in [-0.39, 0.29) is 24.3 Å². The Morgan fingerprint density at radius 1 is 1.09 bits per heavy atom. The van der Waals surface area contributed by atoms with Gasteiger partial charge in [0.05, 0.1) is 34.7 Å². The van der Waals surface area contributed by atoms with E-state index in [1.54, 1.807) is 24.3 Å². The number of fused-ring (bicyclic) bond motifs is 2. The van der Waals surface area contributed by atoms with Gasteiger partial charge in [0, 0.05) is 6.54 Å². The molecule has 0 bridgehead atoms. The Balaban J connectivity index is 1.49. The van der Waals surface area contributed by atoms with E-state index in [9.17, 15) is 14.4 Å². The first-order chi connectivity index (χ1) is 15.3. The highest BCUT2D eigenvalue weighted by atomic mass is 16.2. The van der Waals surface area contributed by atoms with Gasteiger partial charge in [-0.3, -0.25) is 14.4 Å². The molecule has 2 unspecified atom stereocenters. The standard InChI is InChI=1S/C24H27N5O3/c1-14(2)13-29-20-11-7-6-10-18(20)26-22(29)15(3)25-21(30)12-19-24(32)27-17-9-5-4-8-16(17)23(31)28-19/h4-11,14-15,19H,12-13H2,1-3H3,(H,25,30)(H,27,32)(H,28,31). The Morgan fingerprint density at radius 3 is 2.59 bits per heavy atom.